The third-order valence-corrected chi connectivity index (χ3v) is 6.67. The second-order valence-corrected chi connectivity index (χ2v) is 8.40. The maximum atomic E-state index is 12.5. The van der Waals surface area contributed by atoms with Crippen molar-refractivity contribution in [1.29, 1.82) is 0 Å². The number of hydrogen-bond donors (Lipinski definition) is 2. The first-order valence-corrected chi connectivity index (χ1v) is 11.1. The predicted molar refractivity (Wildman–Crippen MR) is 117 cm³/mol. The van der Waals surface area contributed by atoms with Crippen LogP contribution < -0.4 is 5.32 Å². The Labute approximate surface area is 182 Å². The van der Waals surface area contributed by atoms with Crippen molar-refractivity contribution in [2.45, 2.75) is 30.8 Å². The van der Waals surface area contributed by atoms with Crippen LogP contribution in [0.15, 0.2) is 48.7 Å². The molecule has 11 heteroatoms. The van der Waals surface area contributed by atoms with Crippen molar-refractivity contribution in [2.75, 3.05) is 11.9 Å². The number of ether oxygens (including phenoxy) is 1. The fourth-order valence-electron chi connectivity index (χ4n) is 3.84. The second-order valence-electron chi connectivity index (χ2n) is 7.32. The first-order valence-electron chi connectivity index (χ1n) is 9.75. The van der Waals surface area contributed by atoms with Gasteiger partial charge < -0.3 is 19.7 Å². The molecule has 1 aliphatic rings. The van der Waals surface area contributed by atoms with Crippen LogP contribution in [-0.4, -0.2) is 50.1 Å². The molecule has 2 aromatic heterocycles. The predicted octanol–water partition coefficient (Wildman–Crippen LogP) is 2.71. The molecule has 1 fully saturated rings. The van der Waals surface area contributed by atoms with Crippen molar-refractivity contribution >= 4 is 35.4 Å². The summed E-state index contributed by atoms with van der Waals surface area (Å²) in [6, 6.07) is 12.5. The van der Waals surface area contributed by atoms with Crippen LogP contribution >= 0.6 is 17.9 Å². The highest BCUT2D eigenvalue weighted by molar-refractivity contribution is 7.25. The molecule has 1 saturated carbocycles. The van der Waals surface area contributed by atoms with Gasteiger partial charge in [0.05, 0.1) is 17.8 Å². The van der Waals surface area contributed by atoms with Crippen LogP contribution in [0.25, 0.3) is 5.65 Å². The van der Waals surface area contributed by atoms with Crippen LogP contribution in [0.4, 0.5) is 5.82 Å². The van der Waals surface area contributed by atoms with Crippen LogP contribution in [0, 0.1) is 5.92 Å². The first-order chi connectivity index (χ1) is 15.1. The van der Waals surface area contributed by atoms with E-state index in [1.54, 1.807) is 18.3 Å². The minimum Gasteiger partial charge on any atom is -0.456 e. The lowest BCUT2D eigenvalue weighted by molar-refractivity contribution is 0.0465. The maximum absolute atomic E-state index is 12.5. The number of carbonyl (C=O) groups is 1. The lowest BCUT2D eigenvalue weighted by Gasteiger charge is -2.22. The highest BCUT2D eigenvalue weighted by Gasteiger charge is 2.44. The third kappa shape index (κ3) is 4.60. The van der Waals surface area contributed by atoms with E-state index in [1.165, 1.54) is 4.52 Å². The molecule has 0 saturated heterocycles. The Morgan fingerprint density at radius 1 is 1.32 bits per heavy atom. The molecule has 0 bridgehead atoms. The smallest absolute Gasteiger partial charge is 0.359 e. The van der Waals surface area contributed by atoms with Crippen molar-refractivity contribution in [3.05, 3.63) is 59.9 Å². The number of nitrogens with zero attached hydrogens (tertiary/aromatic N) is 3. The van der Waals surface area contributed by atoms with Crippen LogP contribution in [0.2, 0.25) is 0 Å². The van der Waals surface area contributed by atoms with E-state index in [2.05, 4.69) is 24.9 Å². The molecule has 1 aliphatic carbocycles. The summed E-state index contributed by atoms with van der Waals surface area (Å²) in [5, 5.41) is 17.3. The summed E-state index contributed by atoms with van der Waals surface area (Å²) in [7, 11) is 2.14. The van der Waals surface area contributed by atoms with Crippen molar-refractivity contribution < 1.29 is 23.7 Å². The van der Waals surface area contributed by atoms with Gasteiger partial charge >= 0.3 is 5.97 Å². The lowest BCUT2D eigenvalue weighted by Crippen LogP contribution is -2.34. The summed E-state index contributed by atoms with van der Waals surface area (Å²) in [6.07, 6.45) is 1.80. The Bertz CT molecular complexity index is 1060. The summed E-state index contributed by atoms with van der Waals surface area (Å²) in [5.74, 6) is -0.0948. The molecule has 0 aliphatic heterocycles. The normalized spacial score (nSPS) is 23.3. The standard InChI is InChI=1S/C20H22N4O5P2/c25-10-13-8-14(18(29-30)19(13)31-27)22-16-6-7-21-17-9-15(23-24(16)17)20(26)28-11-12-4-2-1-3-5-12/h1-7,9,13-14,18-19,22,25H,8,10-11,30H2/t13-,14-,18+,19-/m1/s1. The Morgan fingerprint density at radius 2 is 2.13 bits per heavy atom. The second kappa shape index (κ2) is 9.79. The molecule has 1 unspecified atom stereocenters. The molecule has 1 aromatic carbocycles. The average Bonchev–Trinajstić information content (AvgIpc) is 3.39. The maximum Gasteiger partial charge on any atom is 0.359 e. The van der Waals surface area contributed by atoms with Gasteiger partial charge in [0.1, 0.15) is 12.4 Å². The molecule has 162 valence electrons. The third-order valence-electron chi connectivity index (χ3n) is 5.40. The first kappa shape index (κ1) is 21.8. The van der Waals surface area contributed by atoms with Gasteiger partial charge in [-0.05, 0) is 18.1 Å². The van der Waals surface area contributed by atoms with Crippen LogP contribution in [0.5, 0.6) is 0 Å². The molecular weight excluding hydrogens is 438 g/mol. The Balaban J connectivity index is 1.52. The van der Waals surface area contributed by atoms with Gasteiger partial charge in [-0.1, -0.05) is 30.3 Å². The van der Waals surface area contributed by atoms with Crippen molar-refractivity contribution in [2.24, 2.45) is 5.92 Å². The molecule has 9 nitrogen and oxygen atoms in total. The lowest BCUT2D eigenvalue weighted by atomic mass is 10.1. The number of fused-ring (bicyclic) bond motifs is 1. The monoisotopic (exact) mass is 460 g/mol. The van der Waals surface area contributed by atoms with E-state index in [9.17, 15) is 14.5 Å². The zero-order valence-electron chi connectivity index (χ0n) is 16.5. The van der Waals surface area contributed by atoms with Gasteiger partial charge in [0.25, 0.3) is 0 Å². The molecule has 3 aromatic rings. The number of aliphatic hydroxyl groups excluding tert-OH is 1. The number of anilines is 1. The van der Waals surface area contributed by atoms with E-state index in [0.717, 1.165) is 5.56 Å². The summed E-state index contributed by atoms with van der Waals surface area (Å²) >= 11 is 0. The zero-order chi connectivity index (χ0) is 21.8. The Kier molecular flexibility index (Phi) is 6.88. The summed E-state index contributed by atoms with van der Waals surface area (Å²) < 4.78 is 23.9. The fourth-order valence-corrected chi connectivity index (χ4v) is 5.12. The van der Waals surface area contributed by atoms with E-state index < -0.39 is 5.97 Å². The average molecular weight is 460 g/mol. The highest BCUT2D eigenvalue weighted by Crippen LogP contribution is 2.38. The number of rotatable bonds is 8. The van der Waals surface area contributed by atoms with Gasteiger partial charge in [-0.3, -0.25) is 4.57 Å². The van der Waals surface area contributed by atoms with E-state index in [4.69, 9.17) is 9.26 Å². The summed E-state index contributed by atoms with van der Waals surface area (Å²) in [6.45, 7) is 0.0766. The largest absolute Gasteiger partial charge is 0.456 e. The number of aliphatic hydroxyl groups is 1. The molecular formula is C20H22N4O5P2. The van der Waals surface area contributed by atoms with Crippen molar-refractivity contribution in [3.8, 4) is 0 Å². The Hall–Kier alpha value is -2.44. The molecule has 0 spiro atoms. The zero-order valence-corrected chi connectivity index (χ0v) is 18.5. The van der Waals surface area contributed by atoms with E-state index >= 15 is 0 Å². The quantitative estimate of drug-likeness (QED) is 0.390. The number of esters is 1. The summed E-state index contributed by atoms with van der Waals surface area (Å²) in [4.78, 5) is 16.7. The highest BCUT2D eigenvalue weighted by atomic mass is 31.1. The molecule has 31 heavy (non-hydrogen) atoms. The topological polar surface area (TPSA) is 115 Å². The number of hydrogen-bond acceptors (Lipinski definition) is 8. The molecule has 4 rings (SSSR count). The van der Waals surface area contributed by atoms with Gasteiger partial charge in [-0.2, -0.15) is 9.61 Å². The summed E-state index contributed by atoms with van der Waals surface area (Å²) in [5.41, 5.74) is 1.19. The van der Waals surface area contributed by atoms with E-state index in [0.29, 0.717) is 17.9 Å². The minimum absolute atomic E-state index is 0.0696. The number of nitrogens with one attached hydrogen (secondary N) is 1. The van der Waals surface area contributed by atoms with Gasteiger partial charge in [0, 0.05) is 34.3 Å². The van der Waals surface area contributed by atoms with E-state index in [-0.39, 0.29) is 51.1 Å². The van der Waals surface area contributed by atoms with E-state index in [1.807, 2.05) is 30.3 Å². The van der Waals surface area contributed by atoms with Crippen LogP contribution in [-0.2, 0) is 20.4 Å². The van der Waals surface area contributed by atoms with Crippen LogP contribution in [0.3, 0.4) is 0 Å². The molecule has 0 amide bonds. The number of carbonyl (C=O) groups excluding carboxylic acids is 1. The number of aromatic nitrogens is 3. The van der Waals surface area contributed by atoms with Gasteiger partial charge in [-0.25, -0.2) is 9.78 Å². The Morgan fingerprint density at radius 3 is 2.84 bits per heavy atom. The number of benzene rings is 1. The van der Waals surface area contributed by atoms with Crippen LogP contribution in [0.1, 0.15) is 22.5 Å². The molecule has 2 heterocycles. The van der Waals surface area contributed by atoms with Crippen molar-refractivity contribution in [1.82, 2.24) is 14.6 Å². The van der Waals surface area contributed by atoms with Gasteiger partial charge in [0.2, 0.25) is 0 Å². The molecule has 2 N–H and O–H groups in total. The minimum atomic E-state index is -0.544. The fraction of sp³-hybridized carbons (Fsp3) is 0.350. The van der Waals surface area contributed by atoms with Gasteiger partial charge in [-0.15, -0.1) is 0 Å². The molecule has 5 atom stereocenters. The molecule has 0 radical (unpaired) electrons. The SMILES string of the molecule is O=P[C@@H]1[C@@H](CO)C[C@@H](Nc2ccnc3cc(C(=O)OCc4ccccc4)nn23)[C@@H]1OP. The van der Waals surface area contributed by atoms with Crippen molar-refractivity contribution in [3.63, 3.8) is 0 Å². The van der Waals surface area contributed by atoms with Gasteiger partial charge in [0.15, 0.2) is 19.8 Å².